The summed E-state index contributed by atoms with van der Waals surface area (Å²) in [6, 6.07) is 49.0. The summed E-state index contributed by atoms with van der Waals surface area (Å²) in [5.74, 6) is 0. The molecular formula is C46H55N3S3. The van der Waals surface area contributed by atoms with Crippen molar-refractivity contribution in [3.8, 4) is 42.8 Å². The second-order valence-corrected chi connectivity index (χ2v) is 12.0. The largest absolute Gasteiger partial charge is 0.361 e. The lowest BCUT2D eigenvalue weighted by Crippen LogP contribution is -1.83. The van der Waals surface area contributed by atoms with E-state index in [4.69, 9.17) is 0 Å². The molecule has 0 aliphatic heterocycles. The maximum absolute atomic E-state index is 4.19. The fourth-order valence-corrected chi connectivity index (χ4v) is 6.35. The van der Waals surface area contributed by atoms with Crippen molar-refractivity contribution in [2.45, 2.75) is 55.4 Å². The Balaban J connectivity index is 0.000000326. The number of hydrogen-bond acceptors (Lipinski definition) is 5. The molecule has 1 N–H and O–H groups in total. The van der Waals surface area contributed by atoms with Gasteiger partial charge in [0, 0.05) is 38.9 Å². The minimum Gasteiger partial charge on any atom is -0.361 e. The van der Waals surface area contributed by atoms with Gasteiger partial charge in [0.15, 0.2) is 0 Å². The minimum atomic E-state index is 0.915. The van der Waals surface area contributed by atoms with Gasteiger partial charge >= 0.3 is 0 Å². The summed E-state index contributed by atoms with van der Waals surface area (Å²) < 4.78 is 0. The molecule has 0 radical (unpaired) electrons. The Hall–Kier alpha value is -4.88. The monoisotopic (exact) mass is 745 g/mol. The Morgan fingerprint density at radius 1 is 0.365 bits per heavy atom. The summed E-state index contributed by atoms with van der Waals surface area (Å²) in [5.41, 5.74) is 5.54. The molecule has 0 atom stereocenters. The van der Waals surface area contributed by atoms with E-state index in [1.54, 1.807) is 46.4 Å². The topological polar surface area (TPSA) is 41.6 Å². The van der Waals surface area contributed by atoms with Gasteiger partial charge in [-0.25, -0.2) is 0 Å². The molecule has 0 bridgehead atoms. The van der Waals surface area contributed by atoms with Crippen molar-refractivity contribution in [2.24, 2.45) is 0 Å². The van der Waals surface area contributed by atoms with Gasteiger partial charge in [-0.3, -0.25) is 9.97 Å². The molecule has 8 rings (SSSR count). The van der Waals surface area contributed by atoms with Gasteiger partial charge in [0.1, 0.15) is 0 Å². The molecular weight excluding hydrogens is 691 g/mol. The van der Waals surface area contributed by atoms with Crippen molar-refractivity contribution in [3.05, 3.63) is 180 Å². The Morgan fingerprint density at radius 3 is 1.12 bits per heavy atom. The van der Waals surface area contributed by atoms with Crippen molar-refractivity contribution < 1.29 is 0 Å². The molecule has 52 heavy (non-hydrogen) atoms. The molecule has 0 saturated heterocycles. The van der Waals surface area contributed by atoms with Gasteiger partial charge in [-0.05, 0) is 81.9 Å². The third-order valence-electron chi connectivity index (χ3n) is 6.14. The lowest BCUT2D eigenvalue weighted by Gasteiger charge is -1.96. The Labute approximate surface area is 325 Å². The molecule has 6 heterocycles. The number of nitrogens with one attached hydrogen (secondary N) is 1. The molecule has 0 spiro atoms. The van der Waals surface area contributed by atoms with Crippen molar-refractivity contribution in [1.82, 2.24) is 15.0 Å². The van der Waals surface area contributed by atoms with Crippen LogP contribution >= 0.6 is 34.0 Å². The van der Waals surface area contributed by atoms with E-state index in [-0.39, 0.29) is 0 Å². The first kappa shape index (κ1) is 45.1. The van der Waals surface area contributed by atoms with E-state index < -0.39 is 0 Å². The van der Waals surface area contributed by atoms with Gasteiger partial charge in [0.2, 0.25) is 0 Å². The number of aromatic nitrogens is 3. The normalized spacial score (nSPS) is 8.77. The van der Waals surface area contributed by atoms with Crippen LogP contribution in [0.2, 0.25) is 0 Å². The summed E-state index contributed by atoms with van der Waals surface area (Å²) in [5, 5.41) is 6.31. The molecule has 0 unspecified atom stereocenters. The molecule has 0 amide bonds. The van der Waals surface area contributed by atoms with Gasteiger partial charge in [-0.2, -0.15) is 0 Å². The van der Waals surface area contributed by atoms with Crippen molar-refractivity contribution in [2.75, 3.05) is 0 Å². The van der Waals surface area contributed by atoms with E-state index in [1.807, 2.05) is 128 Å². The fraction of sp³-hybridized carbons (Fsp3) is 0.174. The highest BCUT2D eigenvalue weighted by Gasteiger charge is 1.97. The molecule has 0 fully saturated rings. The number of hydrogen-bond donors (Lipinski definition) is 1. The Kier molecular flexibility index (Phi) is 26.8. The van der Waals surface area contributed by atoms with Crippen molar-refractivity contribution in [3.63, 3.8) is 0 Å². The quantitative estimate of drug-likeness (QED) is 0.195. The van der Waals surface area contributed by atoms with Crippen LogP contribution in [0, 0.1) is 0 Å². The lowest BCUT2D eigenvalue weighted by atomic mass is 10.2. The molecule has 2 aromatic carbocycles. The molecule has 0 aliphatic carbocycles. The Morgan fingerprint density at radius 2 is 0.769 bits per heavy atom. The van der Waals surface area contributed by atoms with Crippen LogP contribution in [0.25, 0.3) is 42.8 Å². The van der Waals surface area contributed by atoms with E-state index in [9.17, 15) is 0 Å². The first-order valence-electron chi connectivity index (χ1n) is 18.0. The predicted molar refractivity (Wildman–Crippen MR) is 236 cm³/mol. The van der Waals surface area contributed by atoms with Gasteiger partial charge in [-0.15, -0.1) is 34.0 Å². The zero-order chi connectivity index (χ0) is 38.1. The van der Waals surface area contributed by atoms with Gasteiger partial charge < -0.3 is 4.98 Å². The third kappa shape index (κ3) is 17.4. The zero-order valence-corrected chi connectivity index (χ0v) is 34.4. The van der Waals surface area contributed by atoms with Gasteiger partial charge in [-0.1, -0.05) is 146 Å². The minimum absolute atomic E-state index is 0.915. The van der Waals surface area contributed by atoms with Crippen LogP contribution in [-0.2, 0) is 0 Å². The van der Waals surface area contributed by atoms with E-state index in [2.05, 4.69) is 110 Å². The summed E-state index contributed by atoms with van der Waals surface area (Å²) in [4.78, 5) is 15.6. The van der Waals surface area contributed by atoms with Crippen molar-refractivity contribution in [1.29, 1.82) is 0 Å². The molecule has 6 aromatic heterocycles. The van der Waals surface area contributed by atoms with Crippen LogP contribution in [0.5, 0.6) is 0 Å². The molecule has 0 aliphatic rings. The molecule has 272 valence electrons. The first-order chi connectivity index (χ1) is 25.9. The number of aromatic amines is 1. The van der Waals surface area contributed by atoms with Crippen LogP contribution < -0.4 is 0 Å². The average molecular weight is 746 g/mol. The summed E-state index contributed by atoms with van der Waals surface area (Å²) >= 11 is 5.36. The maximum atomic E-state index is 4.19. The first-order valence-corrected chi connectivity index (χ1v) is 20.7. The number of benzene rings is 2. The smallest absolute Gasteiger partial charge is 0.0886 e. The summed E-state index contributed by atoms with van der Waals surface area (Å²) in [6.07, 6.45) is 5.47. The van der Waals surface area contributed by atoms with E-state index in [0.717, 1.165) is 11.4 Å². The van der Waals surface area contributed by atoms with Crippen LogP contribution in [0.3, 0.4) is 0 Å². The fourth-order valence-electron chi connectivity index (χ4n) is 4.04. The number of rotatable bonds is 4. The van der Waals surface area contributed by atoms with E-state index in [1.165, 1.54) is 31.5 Å². The van der Waals surface area contributed by atoms with Gasteiger partial charge in [0.05, 0.1) is 11.4 Å². The number of H-pyrrole nitrogens is 1. The summed E-state index contributed by atoms with van der Waals surface area (Å²) in [6.45, 7) is 16.0. The molecule has 8 aromatic rings. The van der Waals surface area contributed by atoms with E-state index >= 15 is 0 Å². The zero-order valence-electron chi connectivity index (χ0n) is 31.9. The molecule has 3 nitrogen and oxygen atoms in total. The third-order valence-corrected chi connectivity index (χ3v) is 8.99. The number of pyridine rings is 2. The maximum Gasteiger partial charge on any atom is 0.0886 e. The number of nitrogens with zero attached hydrogens (tertiary/aromatic N) is 2. The van der Waals surface area contributed by atoms with Gasteiger partial charge in [0.25, 0.3) is 0 Å². The summed E-state index contributed by atoms with van der Waals surface area (Å²) in [7, 11) is 0. The van der Waals surface area contributed by atoms with Crippen molar-refractivity contribution >= 4 is 34.0 Å². The predicted octanol–water partition coefficient (Wildman–Crippen LogP) is 15.8. The molecule has 6 heteroatoms. The van der Waals surface area contributed by atoms with Crippen LogP contribution in [0.1, 0.15) is 55.4 Å². The van der Waals surface area contributed by atoms with E-state index in [0.29, 0.717) is 0 Å². The second kappa shape index (κ2) is 30.9. The second-order valence-electron chi connectivity index (χ2n) is 9.18. The highest BCUT2D eigenvalue weighted by Crippen LogP contribution is 2.28. The SMILES string of the molecule is CC.CC.CC.CC.c1ccc(-c2ccc[nH]2)cc1.c1ccc(-c2ccccn2)nc1.c1ccc(-c2cccs2)cc1.c1csc(-c2cccs2)c1. The highest BCUT2D eigenvalue weighted by molar-refractivity contribution is 7.20. The lowest BCUT2D eigenvalue weighted by molar-refractivity contribution is 1.25. The number of thiophene rings is 3. The van der Waals surface area contributed by atoms with Crippen LogP contribution in [0.4, 0.5) is 0 Å². The van der Waals surface area contributed by atoms with Crippen LogP contribution in [-0.4, -0.2) is 15.0 Å². The Bertz CT molecular complexity index is 1660. The van der Waals surface area contributed by atoms with Crippen LogP contribution in [0.15, 0.2) is 180 Å². The highest BCUT2D eigenvalue weighted by atomic mass is 32.1. The standard InChI is InChI=1S/C10H8N2.C10H9N.C10H8S.C8H6S2.4C2H6/c1-3-7-11-9(5-1)10-6-2-4-8-12-10;2*1-2-5-9(6-3-1)10-7-4-8-11-10;1-3-7(9-5-1)8-4-2-6-10-8;4*1-2/h1-8H;1-8,11H;1-8H;1-6H;4*1-2H3. The average Bonchev–Trinajstić information content (AvgIpc) is 4.12. The molecule has 0 saturated carbocycles.